The molecule has 4 heteroatoms. The highest BCUT2D eigenvalue weighted by molar-refractivity contribution is 6.37. The standard InChI is InChI=1S/C46H27N3O/c1-2-13-29(14-3-1)43-35-18-8-10-20-37(35)47-46(48-43)30-22-25-31(26-23-30)49-38-27-24-28-12-4-5-15-32(28)41(38)42-34-17-7-6-16-33(34)40-36-19-9-11-21-39(36)50-45(40)44(42)49/h1-27H. The van der Waals surface area contributed by atoms with Gasteiger partial charge in [0.1, 0.15) is 5.58 Å². The normalized spacial score (nSPS) is 12.0. The van der Waals surface area contributed by atoms with Gasteiger partial charge in [-0.2, -0.15) is 0 Å². The summed E-state index contributed by atoms with van der Waals surface area (Å²) in [5.74, 6) is 0.702. The van der Waals surface area contributed by atoms with Crippen molar-refractivity contribution in [3.8, 4) is 28.3 Å². The van der Waals surface area contributed by atoms with Crippen LogP contribution in [-0.2, 0) is 0 Å². The molecule has 8 aromatic carbocycles. The fraction of sp³-hybridized carbons (Fsp3) is 0. The molecular weight excluding hydrogens is 611 g/mol. The van der Waals surface area contributed by atoms with E-state index in [0.29, 0.717) is 5.82 Å². The first-order valence-corrected chi connectivity index (χ1v) is 16.9. The Kier molecular flexibility index (Phi) is 5.63. The minimum Gasteiger partial charge on any atom is -0.454 e. The van der Waals surface area contributed by atoms with Crippen LogP contribution in [0, 0.1) is 0 Å². The Bertz CT molecular complexity index is 3140. The van der Waals surface area contributed by atoms with Crippen LogP contribution in [-0.4, -0.2) is 14.5 Å². The zero-order valence-corrected chi connectivity index (χ0v) is 26.8. The third kappa shape index (κ3) is 3.81. The molecule has 11 rings (SSSR count). The molecule has 0 aliphatic heterocycles. The topological polar surface area (TPSA) is 43.9 Å². The van der Waals surface area contributed by atoms with Crippen molar-refractivity contribution in [3.63, 3.8) is 0 Å². The van der Waals surface area contributed by atoms with E-state index in [1.165, 1.54) is 32.3 Å². The molecule has 0 fully saturated rings. The molecule has 3 heterocycles. The minimum atomic E-state index is 0.702. The van der Waals surface area contributed by atoms with Crippen molar-refractivity contribution in [2.24, 2.45) is 0 Å². The van der Waals surface area contributed by atoms with Gasteiger partial charge in [-0.3, -0.25) is 0 Å². The minimum absolute atomic E-state index is 0.702. The van der Waals surface area contributed by atoms with Crippen molar-refractivity contribution >= 4 is 76.2 Å². The highest BCUT2D eigenvalue weighted by Crippen LogP contribution is 2.47. The monoisotopic (exact) mass is 637 g/mol. The van der Waals surface area contributed by atoms with E-state index in [4.69, 9.17) is 14.4 Å². The van der Waals surface area contributed by atoms with Gasteiger partial charge in [-0.1, -0.05) is 121 Å². The van der Waals surface area contributed by atoms with Crippen LogP contribution in [0.5, 0.6) is 0 Å². The van der Waals surface area contributed by atoms with Crippen LogP contribution in [0.2, 0.25) is 0 Å². The van der Waals surface area contributed by atoms with Crippen LogP contribution in [0.1, 0.15) is 0 Å². The molecule has 11 aromatic rings. The number of nitrogens with zero attached hydrogens (tertiary/aromatic N) is 3. The van der Waals surface area contributed by atoms with Gasteiger partial charge < -0.3 is 8.98 Å². The Labute approximate surface area is 286 Å². The van der Waals surface area contributed by atoms with Gasteiger partial charge in [0.2, 0.25) is 0 Å². The number of aromatic nitrogens is 3. The highest BCUT2D eigenvalue weighted by Gasteiger charge is 2.24. The van der Waals surface area contributed by atoms with E-state index in [9.17, 15) is 0 Å². The Morgan fingerprint density at radius 2 is 1.10 bits per heavy atom. The van der Waals surface area contributed by atoms with Crippen LogP contribution in [0.15, 0.2) is 168 Å². The van der Waals surface area contributed by atoms with Crippen molar-refractivity contribution in [1.29, 1.82) is 0 Å². The maximum Gasteiger partial charge on any atom is 0.160 e. The lowest BCUT2D eigenvalue weighted by molar-refractivity contribution is 0.671. The summed E-state index contributed by atoms with van der Waals surface area (Å²) in [6.07, 6.45) is 0. The van der Waals surface area contributed by atoms with Crippen LogP contribution in [0.25, 0.3) is 105 Å². The molecule has 0 aliphatic rings. The second-order valence-corrected chi connectivity index (χ2v) is 12.9. The maximum atomic E-state index is 6.83. The lowest BCUT2D eigenvalue weighted by Gasteiger charge is -2.12. The van der Waals surface area contributed by atoms with Crippen LogP contribution in [0.3, 0.4) is 0 Å². The van der Waals surface area contributed by atoms with Gasteiger partial charge in [0.05, 0.1) is 22.2 Å². The SMILES string of the molecule is c1ccc(-c2nc(-c3ccc(-n4c5ccc6ccccc6c5c5c6ccccc6c6c7ccccc7oc6c54)cc3)nc3ccccc23)cc1. The molecule has 0 bridgehead atoms. The Morgan fingerprint density at radius 1 is 0.440 bits per heavy atom. The molecule has 0 radical (unpaired) electrons. The summed E-state index contributed by atoms with van der Waals surface area (Å²) < 4.78 is 9.21. The number of furan rings is 1. The molecule has 4 nitrogen and oxygen atoms in total. The molecule has 0 amide bonds. The smallest absolute Gasteiger partial charge is 0.160 e. The zero-order valence-electron chi connectivity index (χ0n) is 26.8. The molecular formula is C46H27N3O. The summed E-state index contributed by atoms with van der Waals surface area (Å²) in [6.45, 7) is 0. The molecule has 50 heavy (non-hydrogen) atoms. The lowest BCUT2D eigenvalue weighted by atomic mass is 9.97. The Balaban J connectivity index is 1.22. The first-order chi connectivity index (χ1) is 24.8. The number of hydrogen-bond acceptors (Lipinski definition) is 3. The fourth-order valence-corrected chi connectivity index (χ4v) is 7.99. The second kappa shape index (κ2) is 10.4. The zero-order chi connectivity index (χ0) is 32.8. The van der Waals surface area contributed by atoms with Crippen LogP contribution >= 0.6 is 0 Å². The van der Waals surface area contributed by atoms with Gasteiger partial charge in [-0.15, -0.1) is 0 Å². The second-order valence-electron chi connectivity index (χ2n) is 12.9. The quantitative estimate of drug-likeness (QED) is 0.194. The van der Waals surface area contributed by atoms with E-state index >= 15 is 0 Å². The van der Waals surface area contributed by atoms with E-state index in [0.717, 1.165) is 66.4 Å². The van der Waals surface area contributed by atoms with Crippen LogP contribution in [0.4, 0.5) is 0 Å². The summed E-state index contributed by atoms with van der Waals surface area (Å²) in [5.41, 5.74) is 8.93. The first kappa shape index (κ1) is 27.2. The van der Waals surface area contributed by atoms with E-state index in [1.54, 1.807) is 0 Å². The number of rotatable bonds is 3. The maximum absolute atomic E-state index is 6.83. The average molecular weight is 638 g/mol. The summed E-state index contributed by atoms with van der Waals surface area (Å²) >= 11 is 0. The van der Waals surface area contributed by atoms with Gasteiger partial charge >= 0.3 is 0 Å². The highest BCUT2D eigenvalue weighted by atomic mass is 16.3. The number of fused-ring (bicyclic) bond motifs is 13. The first-order valence-electron chi connectivity index (χ1n) is 16.9. The van der Waals surface area contributed by atoms with Crippen molar-refractivity contribution in [3.05, 3.63) is 164 Å². The van der Waals surface area contributed by atoms with Crippen molar-refractivity contribution < 1.29 is 4.42 Å². The van der Waals surface area contributed by atoms with Gasteiger partial charge in [-0.05, 0) is 64.0 Å². The summed E-state index contributed by atoms with van der Waals surface area (Å²) in [6, 6.07) is 57.6. The largest absolute Gasteiger partial charge is 0.454 e. The number of para-hydroxylation sites is 2. The van der Waals surface area contributed by atoms with Crippen LogP contribution < -0.4 is 0 Å². The number of benzene rings is 8. The van der Waals surface area contributed by atoms with Gasteiger partial charge in [0.15, 0.2) is 11.4 Å². The Morgan fingerprint density at radius 3 is 1.92 bits per heavy atom. The van der Waals surface area contributed by atoms with E-state index in [1.807, 2.05) is 24.3 Å². The summed E-state index contributed by atoms with van der Waals surface area (Å²) in [7, 11) is 0. The third-order valence-corrected chi connectivity index (χ3v) is 10.2. The van der Waals surface area contributed by atoms with E-state index in [2.05, 4.69) is 144 Å². The van der Waals surface area contributed by atoms with Gasteiger partial charge in [0, 0.05) is 43.7 Å². The lowest BCUT2D eigenvalue weighted by Crippen LogP contribution is -1.97. The molecule has 0 saturated heterocycles. The Hall–Kier alpha value is -6.78. The van der Waals surface area contributed by atoms with Crippen molar-refractivity contribution in [2.45, 2.75) is 0 Å². The van der Waals surface area contributed by atoms with Crippen molar-refractivity contribution in [1.82, 2.24) is 14.5 Å². The third-order valence-electron chi connectivity index (χ3n) is 10.2. The molecule has 0 aliphatic carbocycles. The van der Waals surface area contributed by atoms with Gasteiger partial charge in [-0.25, -0.2) is 9.97 Å². The predicted molar refractivity (Wildman–Crippen MR) is 207 cm³/mol. The molecule has 0 N–H and O–H groups in total. The fourth-order valence-electron chi connectivity index (χ4n) is 7.99. The number of hydrogen-bond donors (Lipinski definition) is 0. The molecule has 0 unspecified atom stereocenters. The molecule has 0 atom stereocenters. The molecule has 0 saturated carbocycles. The molecule has 232 valence electrons. The van der Waals surface area contributed by atoms with E-state index in [-0.39, 0.29) is 0 Å². The predicted octanol–water partition coefficient (Wildman–Crippen LogP) is 12.3. The average Bonchev–Trinajstić information content (AvgIpc) is 3.75. The summed E-state index contributed by atoms with van der Waals surface area (Å²) in [5, 5.41) is 10.6. The van der Waals surface area contributed by atoms with Crippen molar-refractivity contribution in [2.75, 3.05) is 0 Å². The molecule has 3 aromatic heterocycles. The van der Waals surface area contributed by atoms with Gasteiger partial charge in [0.25, 0.3) is 0 Å². The summed E-state index contributed by atoms with van der Waals surface area (Å²) in [4.78, 5) is 10.2. The molecule has 0 spiro atoms. The van der Waals surface area contributed by atoms with E-state index < -0.39 is 0 Å².